The van der Waals surface area contributed by atoms with Crippen LogP contribution >= 0.6 is 11.6 Å². The van der Waals surface area contributed by atoms with E-state index < -0.39 is 39.1 Å². The van der Waals surface area contributed by atoms with Gasteiger partial charge in [-0.1, -0.05) is 0 Å². The fourth-order valence-corrected chi connectivity index (χ4v) is 1.17. The first kappa shape index (κ1) is 12.2. The molecule has 0 aliphatic carbocycles. The second kappa shape index (κ2) is 4.35. The number of carbonyl (C=O) groups excluding carboxylic acids is 1. The van der Waals surface area contributed by atoms with Gasteiger partial charge in [-0.25, -0.2) is 8.78 Å². The lowest BCUT2D eigenvalue weighted by Gasteiger charge is -2.01. The van der Waals surface area contributed by atoms with Crippen LogP contribution in [0.2, 0.25) is 0 Å². The smallest absolute Gasteiger partial charge is 0.315 e. The second-order valence-electron chi connectivity index (χ2n) is 2.65. The van der Waals surface area contributed by atoms with Crippen molar-refractivity contribution in [3.8, 4) is 0 Å². The average Bonchev–Trinajstić information content (AvgIpc) is 2.15. The van der Waals surface area contributed by atoms with Crippen LogP contribution in [-0.4, -0.2) is 15.1 Å². The van der Waals surface area contributed by atoms with Crippen molar-refractivity contribution in [2.24, 2.45) is 0 Å². The number of halogens is 3. The van der Waals surface area contributed by atoms with Crippen molar-refractivity contribution in [2.75, 3.05) is 0 Å². The molecule has 1 N–H and O–H groups in total. The highest BCUT2D eigenvalue weighted by Crippen LogP contribution is 2.21. The first-order valence-corrected chi connectivity index (χ1v) is 4.12. The van der Waals surface area contributed by atoms with Gasteiger partial charge >= 0.3 is 11.2 Å². The van der Waals surface area contributed by atoms with Crippen LogP contribution in [0, 0.1) is 10.1 Å². The number of pyridine rings is 1. The molecule has 0 amide bonds. The van der Waals surface area contributed by atoms with Gasteiger partial charge in [-0.3, -0.25) is 19.7 Å². The SMILES string of the molecule is O=C(Cl)c1cc(C(F)F)[nH]c(=O)c1[N+](=O)[O-]. The predicted octanol–water partition coefficient (Wildman–Crippen LogP) is 1.60. The highest BCUT2D eigenvalue weighted by Gasteiger charge is 2.26. The maximum Gasteiger partial charge on any atom is 0.345 e. The van der Waals surface area contributed by atoms with E-state index in [0.29, 0.717) is 6.07 Å². The first-order valence-electron chi connectivity index (χ1n) is 3.74. The number of nitrogens with zero attached hydrogens (tertiary/aromatic N) is 1. The molecule has 0 aliphatic rings. The van der Waals surface area contributed by atoms with Crippen molar-refractivity contribution in [1.82, 2.24) is 4.98 Å². The lowest BCUT2D eigenvalue weighted by molar-refractivity contribution is -0.386. The number of aromatic amines is 1. The number of nitrogens with one attached hydrogen (secondary N) is 1. The van der Waals surface area contributed by atoms with Gasteiger partial charge in [0.15, 0.2) is 0 Å². The topological polar surface area (TPSA) is 93.1 Å². The third kappa shape index (κ3) is 2.22. The zero-order valence-electron chi connectivity index (χ0n) is 7.37. The lowest BCUT2D eigenvalue weighted by atomic mass is 10.2. The van der Waals surface area contributed by atoms with Crippen LogP contribution in [0.25, 0.3) is 0 Å². The molecule has 0 aliphatic heterocycles. The third-order valence-electron chi connectivity index (χ3n) is 1.66. The van der Waals surface area contributed by atoms with Crippen molar-refractivity contribution >= 4 is 22.5 Å². The molecule has 0 unspecified atom stereocenters. The Morgan fingerprint density at radius 2 is 2.12 bits per heavy atom. The summed E-state index contributed by atoms with van der Waals surface area (Å²) in [5, 5.41) is 9.07. The number of hydrogen-bond donors (Lipinski definition) is 1. The molecule has 16 heavy (non-hydrogen) atoms. The predicted molar refractivity (Wildman–Crippen MR) is 48.9 cm³/mol. The van der Waals surface area contributed by atoms with Crippen LogP contribution in [0.15, 0.2) is 10.9 Å². The van der Waals surface area contributed by atoms with E-state index in [0.717, 1.165) is 0 Å². The highest BCUT2D eigenvalue weighted by molar-refractivity contribution is 6.68. The zero-order valence-corrected chi connectivity index (χ0v) is 8.12. The molecule has 0 fully saturated rings. The molecule has 1 aromatic rings. The van der Waals surface area contributed by atoms with Gasteiger partial charge in [0.2, 0.25) is 0 Å². The summed E-state index contributed by atoms with van der Waals surface area (Å²) in [7, 11) is 0. The minimum atomic E-state index is -3.07. The number of alkyl halides is 2. The monoisotopic (exact) mass is 252 g/mol. The van der Waals surface area contributed by atoms with Crippen molar-refractivity contribution in [3.05, 3.63) is 37.8 Å². The van der Waals surface area contributed by atoms with Gasteiger partial charge in [0, 0.05) is 0 Å². The van der Waals surface area contributed by atoms with E-state index in [2.05, 4.69) is 0 Å². The first-order chi connectivity index (χ1) is 7.34. The minimum Gasteiger partial charge on any atom is -0.315 e. The summed E-state index contributed by atoms with van der Waals surface area (Å²) in [6, 6.07) is 0.486. The molecular formula is C7H3ClF2N2O4. The molecule has 0 bridgehead atoms. The average molecular weight is 253 g/mol. The summed E-state index contributed by atoms with van der Waals surface area (Å²) in [4.78, 5) is 32.7. The summed E-state index contributed by atoms with van der Waals surface area (Å²) < 4.78 is 24.5. The van der Waals surface area contributed by atoms with E-state index in [-0.39, 0.29) is 0 Å². The van der Waals surface area contributed by atoms with Crippen LogP contribution in [0.4, 0.5) is 14.5 Å². The lowest BCUT2D eigenvalue weighted by Crippen LogP contribution is -2.17. The molecule has 0 radical (unpaired) electrons. The van der Waals surface area contributed by atoms with Crippen molar-refractivity contribution in [2.45, 2.75) is 6.43 Å². The fraction of sp³-hybridized carbons (Fsp3) is 0.143. The molecule has 9 heteroatoms. The van der Waals surface area contributed by atoms with E-state index in [1.54, 1.807) is 4.98 Å². The molecule has 0 atom stereocenters. The Morgan fingerprint density at radius 1 is 1.56 bits per heavy atom. The Kier molecular flexibility index (Phi) is 3.33. The van der Waals surface area contributed by atoms with Crippen LogP contribution in [0.1, 0.15) is 22.5 Å². The summed E-state index contributed by atoms with van der Waals surface area (Å²) in [5.74, 6) is 0. The van der Waals surface area contributed by atoms with Crippen LogP contribution in [0.5, 0.6) is 0 Å². The maximum atomic E-state index is 12.2. The second-order valence-corrected chi connectivity index (χ2v) is 2.99. The Labute approximate surface area is 91.0 Å². The molecule has 0 saturated heterocycles. The molecule has 0 spiro atoms. The van der Waals surface area contributed by atoms with Crippen molar-refractivity contribution in [3.63, 3.8) is 0 Å². The van der Waals surface area contributed by atoms with Gasteiger partial charge in [-0.15, -0.1) is 0 Å². The van der Waals surface area contributed by atoms with Gasteiger partial charge in [0.25, 0.3) is 11.7 Å². The summed E-state index contributed by atoms with van der Waals surface area (Å²) in [6.07, 6.45) is -3.07. The van der Waals surface area contributed by atoms with Crippen LogP contribution < -0.4 is 5.56 Å². The molecule has 1 rings (SSSR count). The zero-order chi connectivity index (χ0) is 12.5. The van der Waals surface area contributed by atoms with Crippen LogP contribution in [-0.2, 0) is 0 Å². The molecular weight excluding hydrogens is 250 g/mol. The van der Waals surface area contributed by atoms with Gasteiger partial charge in [-0.05, 0) is 17.7 Å². The number of H-pyrrole nitrogens is 1. The van der Waals surface area contributed by atoms with Crippen molar-refractivity contribution in [1.29, 1.82) is 0 Å². The Hall–Kier alpha value is -1.83. The van der Waals surface area contributed by atoms with Crippen molar-refractivity contribution < 1.29 is 18.5 Å². The highest BCUT2D eigenvalue weighted by atomic mass is 35.5. The summed E-state index contributed by atoms with van der Waals surface area (Å²) in [5.41, 5.74) is -4.30. The van der Waals surface area contributed by atoms with Gasteiger partial charge in [0.05, 0.1) is 10.6 Å². The summed E-state index contributed by atoms with van der Waals surface area (Å²) >= 11 is 4.96. The number of rotatable bonds is 3. The number of nitro groups is 1. The van der Waals surface area contributed by atoms with Gasteiger partial charge in [0.1, 0.15) is 5.56 Å². The van der Waals surface area contributed by atoms with Crippen LogP contribution in [0.3, 0.4) is 0 Å². The number of aromatic nitrogens is 1. The normalized spacial score (nSPS) is 10.5. The molecule has 1 aromatic heterocycles. The molecule has 1 heterocycles. The molecule has 6 nitrogen and oxygen atoms in total. The standard InChI is InChI=1S/C7H3ClF2N2O4/c8-5(13)2-1-3(6(9)10)11-7(14)4(2)12(15)16/h1,6H,(H,11,14). The van der Waals surface area contributed by atoms with Gasteiger partial charge < -0.3 is 4.98 Å². The maximum absolute atomic E-state index is 12.2. The molecule has 86 valence electrons. The molecule has 0 aromatic carbocycles. The Balaban J connectivity index is 3.59. The summed E-state index contributed by atoms with van der Waals surface area (Å²) in [6.45, 7) is 0. The quantitative estimate of drug-likeness (QED) is 0.502. The van der Waals surface area contributed by atoms with Gasteiger partial charge in [-0.2, -0.15) is 0 Å². The van der Waals surface area contributed by atoms with E-state index in [9.17, 15) is 28.5 Å². The Morgan fingerprint density at radius 3 is 2.50 bits per heavy atom. The van der Waals surface area contributed by atoms with E-state index >= 15 is 0 Å². The minimum absolute atomic E-state index is 0.486. The van der Waals surface area contributed by atoms with E-state index in [1.165, 1.54) is 0 Å². The van der Waals surface area contributed by atoms with E-state index in [1.807, 2.05) is 0 Å². The molecule has 0 saturated carbocycles. The van der Waals surface area contributed by atoms with E-state index in [4.69, 9.17) is 11.6 Å². The largest absolute Gasteiger partial charge is 0.345 e. The number of carbonyl (C=O) groups is 1. The third-order valence-corrected chi connectivity index (χ3v) is 1.86. The fourth-order valence-electron chi connectivity index (χ4n) is 1.02. The Bertz CT molecular complexity index is 514. The number of hydrogen-bond acceptors (Lipinski definition) is 4.